The van der Waals surface area contributed by atoms with Gasteiger partial charge in [-0.15, -0.1) is 0 Å². The molecule has 1 unspecified atom stereocenters. The number of hydrogen-bond donors (Lipinski definition) is 2. The van der Waals surface area contributed by atoms with Gasteiger partial charge in [0.1, 0.15) is 6.10 Å². The molecule has 0 amide bonds. The molecular weight excluding hydrogens is 522 g/mol. The summed E-state index contributed by atoms with van der Waals surface area (Å²) in [4.78, 5) is 24.1. The van der Waals surface area contributed by atoms with Crippen molar-refractivity contribution in [1.29, 1.82) is 5.41 Å². The Morgan fingerprint density at radius 1 is 0.975 bits per heavy atom. The number of aromatic nitrogens is 1. The van der Waals surface area contributed by atoms with Gasteiger partial charge in [0.05, 0.1) is 6.54 Å². The number of carbonyl (C=O) groups excluding carboxylic acids is 1. The van der Waals surface area contributed by atoms with E-state index >= 15 is 0 Å². The summed E-state index contributed by atoms with van der Waals surface area (Å²) in [5, 5.41) is 8.20. The first-order chi connectivity index (χ1) is 19.3. The fourth-order valence-corrected chi connectivity index (χ4v) is 4.45. The van der Waals surface area contributed by atoms with Crippen LogP contribution in [0.4, 0.5) is 5.69 Å². The van der Waals surface area contributed by atoms with Crippen LogP contribution in [-0.2, 0) is 11.3 Å². The van der Waals surface area contributed by atoms with Crippen molar-refractivity contribution in [2.24, 2.45) is 0 Å². The highest BCUT2D eigenvalue weighted by atomic mass is 35.5. The number of halogens is 1. The second kappa shape index (κ2) is 15.0. The molecule has 4 aromatic rings. The number of pyridine rings is 1. The van der Waals surface area contributed by atoms with E-state index in [1.54, 1.807) is 48.2 Å². The summed E-state index contributed by atoms with van der Waals surface area (Å²) in [6.45, 7) is 4.45. The monoisotopic (exact) mass is 557 g/mol. The summed E-state index contributed by atoms with van der Waals surface area (Å²) in [5.41, 5.74) is 11.3. The fourth-order valence-electron chi connectivity index (χ4n) is 4.28. The average Bonchev–Trinajstić information content (AvgIpc) is 2.97. The van der Waals surface area contributed by atoms with Crippen molar-refractivity contribution in [3.63, 3.8) is 0 Å². The molecule has 1 heterocycles. The Hall–Kier alpha value is -4.00. The Morgan fingerprint density at radius 3 is 2.38 bits per heavy atom. The van der Waals surface area contributed by atoms with Crippen molar-refractivity contribution in [3.8, 4) is 0 Å². The first-order valence-corrected chi connectivity index (χ1v) is 13.7. The average molecular weight is 558 g/mol. The molecule has 0 spiro atoms. The van der Waals surface area contributed by atoms with Crippen LogP contribution >= 0.6 is 11.6 Å². The van der Waals surface area contributed by atoms with Crippen LogP contribution in [0.2, 0.25) is 5.02 Å². The second-order valence-electron chi connectivity index (χ2n) is 9.39. The van der Waals surface area contributed by atoms with E-state index < -0.39 is 0 Å². The van der Waals surface area contributed by atoms with Crippen LogP contribution in [0.3, 0.4) is 0 Å². The summed E-state index contributed by atoms with van der Waals surface area (Å²) in [5.74, 6) is 0.155. The zero-order valence-electron chi connectivity index (χ0n) is 23.2. The van der Waals surface area contributed by atoms with Crippen LogP contribution < -0.4 is 11.3 Å². The smallest absolute Gasteiger partial charge is 0.250 e. The number of nitrogen functional groups attached to an aromatic ring is 1. The summed E-state index contributed by atoms with van der Waals surface area (Å²) in [6.07, 6.45) is 3.59. The van der Waals surface area contributed by atoms with E-state index in [4.69, 9.17) is 27.5 Å². The van der Waals surface area contributed by atoms with E-state index in [-0.39, 0.29) is 17.4 Å². The van der Waals surface area contributed by atoms with Crippen LogP contribution in [0.1, 0.15) is 71.8 Å². The molecule has 208 valence electrons. The summed E-state index contributed by atoms with van der Waals surface area (Å²) < 4.78 is 7.40. The molecular formula is C33H36ClN3O3. The Morgan fingerprint density at radius 2 is 1.73 bits per heavy atom. The van der Waals surface area contributed by atoms with Gasteiger partial charge in [0.25, 0.3) is 5.56 Å². The number of methoxy groups -OCH3 is 1. The first-order valence-electron chi connectivity index (χ1n) is 13.3. The minimum absolute atomic E-state index is 0.0186. The predicted molar refractivity (Wildman–Crippen MR) is 164 cm³/mol. The summed E-state index contributed by atoms with van der Waals surface area (Å²) in [6, 6.07) is 26.0. The van der Waals surface area contributed by atoms with E-state index in [0.29, 0.717) is 35.8 Å². The topological polar surface area (TPSA) is 98.2 Å². The Balaban J connectivity index is 0.000000307. The molecule has 0 saturated heterocycles. The lowest BCUT2D eigenvalue weighted by Crippen LogP contribution is -2.18. The van der Waals surface area contributed by atoms with E-state index in [9.17, 15) is 9.59 Å². The van der Waals surface area contributed by atoms with Crippen LogP contribution in [0.5, 0.6) is 0 Å². The summed E-state index contributed by atoms with van der Waals surface area (Å²) >= 11 is 5.77. The lowest BCUT2D eigenvalue weighted by molar-refractivity contribution is 0.0981. The number of anilines is 1. The van der Waals surface area contributed by atoms with Crippen molar-refractivity contribution in [2.45, 2.75) is 45.8 Å². The van der Waals surface area contributed by atoms with Gasteiger partial charge in [-0.1, -0.05) is 74.0 Å². The number of nitrogens with zero attached hydrogens (tertiary/aromatic N) is 1. The lowest BCUT2D eigenvalue weighted by Gasteiger charge is -2.18. The number of nitrogens with two attached hydrogens (primary N) is 1. The Kier molecular flexibility index (Phi) is 11.4. The van der Waals surface area contributed by atoms with Gasteiger partial charge in [0.2, 0.25) is 0 Å². The van der Waals surface area contributed by atoms with Crippen LogP contribution in [-0.4, -0.2) is 23.2 Å². The van der Waals surface area contributed by atoms with E-state index in [0.717, 1.165) is 34.2 Å². The van der Waals surface area contributed by atoms with E-state index in [1.807, 2.05) is 68.4 Å². The van der Waals surface area contributed by atoms with Gasteiger partial charge in [-0.2, -0.15) is 0 Å². The normalized spacial score (nSPS) is 11.3. The number of hydrogen-bond acceptors (Lipinski definition) is 5. The Bertz CT molecular complexity index is 1500. The molecule has 0 aliphatic rings. The standard InChI is InChI=1S/C24H25NO3.C9H11ClN2/c1-3-7-22(26)20-8-6-9-21(16-20)24(28-2)19-13-11-18(12-14-19)17-25-15-5-4-10-23(25)27;1-2-8(11)7-5-6(10)3-4-9(7)12/h4-6,8-16,24H,3,7,17H2,1-2H3;3-5,11H,2,12H2,1H3. The highest BCUT2D eigenvalue weighted by molar-refractivity contribution is 6.31. The number of rotatable bonds is 10. The van der Waals surface area contributed by atoms with Gasteiger partial charge < -0.3 is 20.4 Å². The maximum Gasteiger partial charge on any atom is 0.250 e. The van der Waals surface area contributed by atoms with Crippen molar-refractivity contribution in [2.75, 3.05) is 12.8 Å². The molecule has 0 aliphatic heterocycles. The third-order valence-electron chi connectivity index (χ3n) is 6.45. The molecule has 7 heteroatoms. The third kappa shape index (κ3) is 8.25. The molecule has 0 aliphatic carbocycles. The SMILES string of the molecule is CCC(=N)c1cc(Cl)ccc1N.CCCC(=O)c1cccc(C(OC)c2ccc(Cn3ccccc3=O)cc2)c1. The molecule has 4 rings (SSSR count). The minimum atomic E-state index is -0.247. The lowest BCUT2D eigenvalue weighted by atomic mass is 9.96. The van der Waals surface area contributed by atoms with Gasteiger partial charge in [-0.3, -0.25) is 9.59 Å². The zero-order chi connectivity index (χ0) is 29.1. The van der Waals surface area contributed by atoms with Crippen LogP contribution in [0, 0.1) is 5.41 Å². The molecule has 6 nitrogen and oxygen atoms in total. The van der Waals surface area contributed by atoms with Crippen LogP contribution in [0.25, 0.3) is 0 Å². The molecule has 1 atom stereocenters. The molecule has 40 heavy (non-hydrogen) atoms. The fraction of sp³-hybridized carbons (Fsp3) is 0.242. The van der Waals surface area contributed by atoms with E-state index in [1.165, 1.54) is 0 Å². The van der Waals surface area contributed by atoms with Gasteiger partial charge in [-0.25, -0.2) is 0 Å². The molecule has 3 N–H and O–H groups in total. The number of benzene rings is 3. The van der Waals surface area contributed by atoms with E-state index in [2.05, 4.69) is 0 Å². The molecule has 0 radical (unpaired) electrons. The number of Topliss-reactive ketones (excluding diaryl/α,β-unsaturated/α-hetero) is 1. The highest BCUT2D eigenvalue weighted by Crippen LogP contribution is 2.27. The molecule has 0 bridgehead atoms. The highest BCUT2D eigenvalue weighted by Gasteiger charge is 2.15. The number of ether oxygens (including phenoxy) is 1. The summed E-state index contributed by atoms with van der Waals surface area (Å²) in [7, 11) is 1.67. The largest absolute Gasteiger partial charge is 0.398 e. The zero-order valence-corrected chi connectivity index (χ0v) is 23.9. The maximum absolute atomic E-state index is 12.2. The van der Waals surface area contributed by atoms with Gasteiger partial charge in [-0.05, 0) is 59.9 Å². The number of ketones is 1. The predicted octanol–water partition coefficient (Wildman–Crippen LogP) is 7.32. The molecule has 0 fully saturated rings. The van der Waals surface area contributed by atoms with Gasteiger partial charge in [0.15, 0.2) is 5.78 Å². The van der Waals surface area contributed by atoms with Crippen molar-refractivity contribution in [3.05, 3.63) is 134 Å². The Labute approximate surface area is 240 Å². The van der Waals surface area contributed by atoms with Gasteiger partial charge in [0, 0.05) is 53.3 Å². The van der Waals surface area contributed by atoms with Crippen molar-refractivity contribution < 1.29 is 9.53 Å². The number of nitrogens with one attached hydrogen (secondary N) is 1. The second-order valence-corrected chi connectivity index (χ2v) is 9.82. The van der Waals surface area contributed by atoms with Crippen molar-refractivity contribution >= 4 is 28.8 Å². The van der Waals surface area contributed by atoms with Crippen LogP contribution in [0.15, 0.2) is 95.9 Å². The molecule has 3 aromatic carbocycles. The third-order valence-corrected chi connectivity index (χ3v) is 6.69. The van der Waals surface area contributed by atoms with Crippen molar-refractivity contribution in [1.82, 2.24) is 4.57 Å². The first kappa shape index (κ1) is 30.5. The molecule has 1 aromatic heterocycles. The minimum Gasteiger partial charge on any atom is -0.398 e. The molecule has 0 saturated carbocycles. The van der Waals surface area contributed by atoms with Gasteiger partial charge >= 0.3 is 0 Å². The quantitative estimate of drug-likeness (QED) is 0.121. The maximum atomic E-state index is 12.2. The number of carbonyl (C=O) groups is 1.